The molecule has 1 N–H and O–H groups in total. The van der Waals surface area contributed by atoms with Gasteiger partial charge < -0.3 is 9.84 Å². The Morgan fingerprint density at radius 1 is 1.29 bits per heavy atom. The minimum Gasteiger partial charge on any atom is -0.484 e. The predicted octanol–water partition coefficient (Wildman–Crippen LogP) is 2.64. The van der Waals surface area contributed by atoms with Gasteiger partial charge in [-0.1, -0.05) is 18.2 Å². The maximum Gasteiger partial charge on any atom is 0.422 e. The fraction of sp³-hybridized carbons (Fsp3) is 0.364. The number of carbonyl (C=O) groups is 1. The summed E-state index contributed by atoms with van der Waals surface area (Å²) in [4.78, 5) is 10.4. The van der Waals surface area contributed by atoms with Gasteiger partial charge in [0.2, 0.25) is 0 Å². The number of ether oxygens (including phenoxy) is 1. The maximum absolute atomic E-state index is 12.0. The predicted molar refractivity (Wildman–Crippen MR) is 53.9 cm³/mol. The van der Waals surface area contributed by atoms with E-state index in [0.717, 1.165) is 0 Å². The molecule has 1 aromatic carbocycles. The second-order valence-corrected chi connectivity index (χ2v) is 3.41. The van der Waals surface area contributed by atoms with Gasteiger partial charge in [-0.25, -0.2) is 0 Å². The lowest BCUT2D eigenvalue weighted by atomic mass is 10.1. The van der Waals surface area contributed by atoms with Crippen LogP contribution in [0.3, 0.4) is 0 Å². The van der Waals surface area contributed by atoms with Crippen molar-refractivity contribution < 1.29 is 27.8 Å². The third-order valence-corrected chi connectivity index (χ3v) is 1.97. The number of halogens is 3. The van der Waals surface area contributed by atoms with Crippen LogP contribution in [0.5, 0.6) is 5.75 Å². The number of alkyl halides is 3. The molecule has 0 fully saturated rings. The number of para-hydroxylation sites is 1. The number of rotatable bonds is 5. The molecule has 0 saturated carbocycles. The summed E-state index contributed by atoms with van der Waals surface area (Å²) in [7, 11) is 0. The zero-order valence-electron chi connectivity index (χ0n) is 8.83. The van der Waals surface area contributed by atoms with E-state index in [-0.39, 0.29) is 18.6 Å². The average Bonchev–Trinajstić information content (AvgIpc) is 2.23. The largest absolute Gasteiger partial charge is 0.484 e. The fourth-order valence-corrected chi connectivity index (χ4v) is 1.25. The van der Waals surface area contributed by atoms with Gasteiger partial charge in [-0.05, 0) is 18.1 Å². The monoisotopic (exact) mass is 248 g/mol. The smallest absolute Gasteiger partial charge is 0.422 e. The summed E-state index contributed by atoms with van der Waals surface area (Å²) in [6.07, 6.45) is -4.41. The Morgan fingerprint density at radius 2 is 1.94 bits per heavy atom. The Morgan fingerprint density at radius 3 is 2.53 bits per heavy atom. The molecule has 0 aromatic heterocycles. The van der Waals surface area contributed by atoms with Gasteiger partial charge in [-0.15, -0.1) is 0 Å². The molecule has 94 valence electrons. The van der Waals surface area contributed by atoms with Crippen molar-refractivity contribution in [3.05, 3.63) is 29.8 Å². The molecule has 0 saturated heterocycles. The standard InChI is InChI=1S/C11H11F3O3/c12-11(13,14)7-17-9-4-2-1-3-8(9)5-6-10(15)16/h1-4H,5-7H2,(H,15,16). The number of hydrogen-bond donors (Lipinski definition) is 1. The summed E-state index contributed by atoms with van der Waals surface area (Å²) in [5.74, 6) is -0.929. The molecule has 0 amide bonds. The van der Waals surface area contributed by atoms with Gasteiger partial charge in [-0.2, -0.15) is 13.2 Å². The molecule has 17 heavy (non-hydrogen) atoms. The molecule has 0 aliphatic carbocycles. The quantitative estimate of drug-likeness (QED) is 0.871. The third-order valence-electron chi connectivity index (χ3n) is 1.97. The van der Waals surface area contributed by atoms with Crippen molar-refractivity contribution in [1.82, 2.24) is 0 Å². The number of aliphatic carboxylic acids is 1. The Bertz CT molecular complexity index is 388. The van der Waals surface area contributed by atoms with Gasteiger partial charge in [0.1, 0.15) is 5.75 Å². The van der Waals surface area contributed by atoms with E-state index in [1.54, 1.807) is 12.1 Å². The molecule has 0 aliphatic heterocycles. The number of carboxylic acids is 1. The summed E-state index contributed by atoms with van der Waals surface area (Å²) in [5, 5.41) is 8.50. The second kappa shape index (κ2) is 5.56. The van der Waals surface area contributed by atoms with Crippen LogP contribution in [0.25, 0.3) is 0 Å². The highest BCUT2D eigenvalue weighted by Crippen LogP contribution is 2.23. The number of hydrogen-bond acceptors (Lipinski definition) is 2. The summed E-state index contributed by atoms with van der Waals surface area (Å²) < 4.78 is 40.5. The molecule has 0 radical (unpaired) electrons. The van der Waals surface area contributed by atoms with Crippen LogP contribution in [0.15, 0.2) is 24.3 Å². The van der Waals surface area contributed by atoms with Crippen LogP contribution in [0.1, 0.15) is 12.0 Å². The van der Waals surface area contributed by atoms with Crippen molar-refractivity contribution in [2.75, 3.05) is 6.61 Å². The zero-order chi connectivity index (χ0) is 12.9. The minimum atomic E-state index is -4.40. The lowest BCUT2D eigenvalue weighted by Crippen LogP contribution is -2.19. The zero-order valence-corrected chi connectivity index (χ0v) is 8.83. The lowest BCUT2D eigenvalue weighted by molar-refractivity contribution is -0.153. The molecular formula is C11H11F3O3. The van der Waals surface area contributed by atoms with Crippen LogP contribution in [0.2, 0.25) is 0 Å². The number of aryl methyl sites for hydroxylation is 1. The summed E-state index contributed by atoms with van der Waals surface area (Å²) in [5.41, 5.74) is 0.458. The van der Waals surface area contributed by atoms with Crippen molar-refractivity contribution in [3.63, 3.8) is 0 Å². The van der Waals surface area contributed by atoms with Crippen LogP contribution >= 0.6 is 0 Å². The first-order valence-electron chi connectivity index (χ1n) is 4.88. The SMILES string of the molecule is O=C(O)CCc1ccccc1OCC(F)(F)F. The number of carboxylic acid groups (broad SMARTS) is 1. The summed E-state index contributed by atoms with van der Waals surface area (Å²) >= 11 is 0. The van der Waals surface area contributed by atoms with E-state index in [0.29, 0.717) is 5.56 Å². The first kappa shape index (κ1) is 13.3. The third kappa shape index (κ3) is 5.24. The van der Waals surface area contributed by atoms with E-state index >= 15 is 0 Å². The second-order valence-electron chi connectivity index (χ2n) is 3.41. The molecule has 1 aromatic rings. The molecule has 6 heteroatoms. The van der Waals surface area contributed by atoms with Gasteiger partial charge in [0, 0.05) is 6.42 Å². The molecule has 3 nitrogen and oxygen atoms in total. The van der Waals surface area contributed by atoms with Gasteiger partial charge in [-0.3, -0.25) is 4.79 Å². The molecule has 0 spiro atoms. The molecular weight excluding hydrogens is 237 g/mol. The Kier molecular flexibility index (Phi) is 4.37. The minimum absolute atomic E-state index is 0.0751. The highest BCUT2D eigenvalue weighted by molar-refractivity contribution is 5.67. The van der Waals surface area contributed by atoms with E-state index in [1.165, 1.54) is 12.1 Å². The van der Waals surface area contributed by atoms with Gasteiger partial charge in [0.05, 0.1) is 0 Å². The van der Waals surface area contributed by atoms with Crippen LogP contribution in [0, 0.1) is 0 Å². The topological polar surface area (TPSA) is 46.5 Å². The van der Waals surface area contributed by atoms with E-state index in [1.807, 2.05) is 0 Å². The average molecular weight is 248 g/mol. The summed E-state index contributed by atoms with van der Waals surface area (Å²) in [6.45, 7) is -1.38. The Balaban J connectivity index is 2.67. The first-order valence-corrected chi connectivity index (χ1v) is 4.88. The normalized spacial score (nSPS) is 11.2. The van der Waals surface area contributed by atoms with Gasteiger partial charge >= 0.3 is 12.1 Å². The van der Waals surface area contributed by atoms with E-state index in [2.05, 4.69) is 4.74 Å². The van der Waals surface area contributed by atoms with Crippen LogP contribution in [-0.4, -0.2) is 23.9 Å². The molecule has 0 heterocycles. The number of benzene rings is 1. The van der Waals surface area contributed by atoms with Gasteiger partial charge in [0.15, 0.2) is 6.61 Å². The highest BCUT2D eigenvalue weighted by atomic mass is 19.4. The van der Waals surface area contributed by atoms with Crippen molar-refractivity contribution >= 4 is 5.97 Å². The maximum atomic E-state index is 12.0. The fourth-order valence-electron chi connectivity index (χ4n) is 1.25. The van der Waals surface area contributed by atoms with Crippen molar-refractivity contribution in [1.29, 1.82) is 0 Å². The van der Waals surface area contributed by atoms with E-state index in [4.69, 9.17) is 5.11 Å². The Hall–Kier alpha value is -1.72. The first-order chi connectivity index (χ1) is 7.88. The van der Waals surface area contributed by atoms with Crippen molar-refractivity contribution in [2.45, 2.75) is 19.0 Å². The van der Waals surface area contributed by atoms with E-state index in [9.17, 15) is 18.0 Å². The van der Waals surface area contributed by atoms with E-state index < -0.39 is 18.8 Å². The van der Waals surface area contributed by atoms with Crippen molar-refractivity contribution in [2.24, 2.45) is 0 Å². The molecule has 1 rings (SSSR count). The van der Waals surface area contributed by atoms with Crippen LogP contribution in [0.4, 0.5) is 13.2 Å². The molecule has 0 aliphatic rings. The highest BCUT2D eigenvalue weighted by Gasteiger charge is 2.28. The molecule has 0 bridgehead atoms. The Labute approximate surface area is 95.8 Å². The van der Waals surface area contributed by atoms with Crippen LogP contribution < -0.4 is 4.74 Å². The molecule has 0 atom stereocenters. The lowest BCUT2D eigenvalue weighted by Gasteiger charge is -2.12. The van der Waals surface area contributed by atoms with Crippen molar-refractivity contribution in [3.8, 4) is 5.75 Å². The summed E-state index contributed by atoms with van der Waals surface area (Å²) in [6, 6.07) is 6.10. The molecule has 0 unspecified atom stereocenters. The van der Waals surface area contributed by atoms with Gasteiger partial charge in [0.25, 0.3) is 0 Å². The van der Waals surface area contributed by atoms with Crippen LogP contribution in [-0.2, 0) is 11.2 Å².